The Kier molecular flexibility index (Phi) is 5.05. The van der Waals surface area contributed by atoms with Crippen LogP contribution in [0, 0.1) is 0 Å². The van der Waals surface area contributed by atoms with E-state index in [1.54, 1.807) is 23.9 Å². The molecule has 0 spiro atoms. The van der Waals surface area contributed by atoms with Gasteiger partial charge in [-0.25, -0.2) is 4.68 Å². The number of carboxylic acid groups (broad SMARTS) is 1. The number of hydrogen-bond acceptors (Lipinski definition) is 4. The van der Waals surface area contributed by atoms with E-state index in [0.29, 0.717) is 22.3 Å². The minimum Gasteiger partial charge on any atom is -0.481 e. The number of aliphatic carboxylic acids is 1. The van der Waals surface area contributed by atoms with Crippen molar-refractivity contribution in [2.24, 2.45) is 0 Å². The monoisotopic (exact) mass is 312 g/mol. The Hall–Kier alpha value is -1.50. The summed E-state index contributed by atoms with van der Waals surface area (Å²) in [6.45, 7) is 0.359. The molecule has 20 heavy (non-hydrogen) atoms. The van der Waals surface area contributed by atoms with Crippen LogP contribution in [0.25, 0.3) is 5.69 Å². The van der Waals surface area contributed by atoms with Crippen LogP contribution in [0.15, 0.2) is 35.4 Å². The quantitative estimate of drug-likeness (QED) is 0.831. The fourth-order valence-electron chi connectivity index (χ4n) is 1.66. The van der Waals surface area contributed by atoms with Crippen molar-refractivity contribution < 1.29 is 14.6 Å². The lowest BCUT2D eigenvalue weighted by Crippen LogP contribution is -2.03. The SMILES string of the molecule is COCc1cc(SCC(=O)O)n(-c2ccccc2Cl)n1. The molecule has 1 aromatic carbocycles. The van der Waals surface area contributed by atoms with E-state index in [9.17, 15) is 4.79 Å². The predicted molar refractivity (Wildman–Crippen MR) is 77.6 cm³/mol. The average Bonchev–Trinajstić information content (AvgIpc) is 2.80. The van der Waals surface area contributed by atoms with Crippen molar-refractivity contribution in [2.75, 3.05) is 12.9 Å². The van der Waals surface area contributed by atoms with Gasteiger partial charge in [-0.3, -0.25) is 4.79 Å². The first-order valence-electron chi connectivity index (χ1n) is 5.79. The van der Waals surface area contributed by atoms with Crippen molar-refractivity contribution in [2.45, 2.75) is 11.6 Å². The molecule has 0 aliphatic carbocycles. The molecule has 1 aromatic heterocycles. The molecule has 0 saturated heterocycles. The number of carboxylic acids is 1. The number of hydrogen-bond donors (Lipinski definition) is 1. The Morgan fingerprint density at radius 2 is 2.25 bits per heavy atom. The van der Waals surface area contributed by atoms with Crippen molar-refractivity contribution in [1.29, 1.82) is 0 Å². The largest absolute Gasteiger partial charge is 0.481 e. The number of aromatic nitrogens is 2. The minimum absolute atomic E-state index is 0.0391. The third-order valence-electron chi connectivity index (χ3n) is 2.44. The lowest BCUT2D eigenvalue weighted by Gasteiger charge is -2.07. The van der Waals surface area contributed by atoms with Crippen molar-refractivity contribution in [3.63, 3.8) is 0 Å². The van der Waals surface area contributed by atoms with Crippen molar-refractivity contribution >= 4 is 29.3 Å². The van der Waals surface area contributed by atoms with Crippen LogP contribution >= 0.6 is 23.4 Å². The highest BCUT2D eigenvalue weighted by Crippen LogP contribution is 2.27. The van der Waals surface area contributed by atoms with Crippen LogP contribution in [0.3, 0.4) is 0 Å². The number of nitrogens with zero attached hydrogens (tertiary/aromatic N) is 2. The van der Waals surface area contributed by atoms with Gasteiger partial charge in [0.05, 0.1) is 28.8 Å². The highest BCUT2D eigenvalue weighted by atomic mass is 35.5. The first-order valence-corrected chi connectivity index (χ1v) is 7.15. The van der Waals surface area contributed by atoms with Gasteiger partial charge in [0.2, 0.25) is 0 Å². The third kappa shape index (κ3) is 3.53. The lowest BCUT2D eigenvalue weighted by atomic mass is 10.3. The zero-order valence-corrected chi connectivity index (χ0v) is 12.3. The first-order chi connectivity index (χ1) is 9.61. The number of methoxy groups -OCH3 is 1. The predicted octanol–water partition coefficient (Wildman–Crippen LogP) is 2.85. The molecule has 2 aromatic rings. The number of halogens is 1. The molecule has 0 unspecified atom stereocenters. The smallest absolute Gasteiger partial charge is 0.313 e. The highest BCUT2D eigenvalue weighted by molar-refractivity contribution is 7.99. The number of benzene rings is 1. The van der Waals surface area contributed by atoms with Crippen LogP contribution in [-0.2, 0) is 16.1 Å². The highest BCUT2D eigenvalue weighted by Gasteiger charge is 2.13. The second-order valence-electron chi connectivity index (χ2n) is 3.95. The lowest BCUT2D eigenvalue weighted by molar-refractivity contribution is -0.133. The summed E-state index contributed by atoms with van der Waals surface area (Å²) in [6.07, 6.45) is 0. The molecular formula is C13H13ClN2O3S. The van der Waals surface area contributed by atoms with E-state index in [-0.39, 0.29) is 5.75 Å². The van der Waals surface area contributed by atoms with Gasteiger partial charge in [-0.1, -0.05) is 35.5 Å². The van der Waals surface area contributed by atoms with E-state index < -0.39 is 5.97 Å². The third-order valence-corrected chi connectivity index (χ3v) is 3.74. The van der Waals surface area contributed by atoms with Gasteiger partial charge in [0.15, 0.2) is 0 Å². The molecule has 7 heteroatoms. The Bertz CT molecular complexity index is 615. The van der Waals surface area contributed by atoms with Crippen molar-refractivity contribution in [3.8, 4) is 5.69 Å². The molecule has 0 aliphatic rings. The molecule has 0 radical (unpaired) electrons. The van der Waals surface area contributed by atoms with Gasteiger partial charge < -0.3 is 9.84 Å². The summed E-state index contributed by atoms with van der Waals surface area (Å²) in [5, 5.41) is 14.5. The van der Waals surface area contributed by atoms with Gasteiger partial charge in [-0.05, 0) is 18.2 Å². The summed E-state index contributed by atoms with van der Waals surface area (Å²) in [7, 11) is 1.58. The molecule has 5 nitrogen and oxygen atoms in total. The van der Waals surface area contributed by atoms with Gasteiger partial charge in [0.25, 0.3) is 0 Å². The van der Waals surface area contributed by atoms with Crippen LogP contribution in [0.4, 0.5) is 0 Å². The topological polar surface area (TPSA) is 64.3 Å². The number of rotatable bonds is 6. The number of carbonyl (C=O) groups is 1. The van der Waals surface area contributed by atoms with Crippen LogP contribution in [0.2, 0.25) is 5.02 Å². The maximum absolute atomic E-state index is 10.7. The fourth-order valence-corrected chi connectivity index (χ4v) is 2.63. The Labute approximate surface area is 125 Å². The molecule has 0 fully saturated rings. The zero-order valence-electron chi connectivity index (χ0n) is 10.7. The van der Waals surface area contributed by atoms with E-state index in [1.165, 1.54) is 11.8 Å². The van der Waals surface area contributed by atoms with Crippen molar-refractivity contribution in [3.05, 3.63) is 41.0 Å². The van der Waals surface area contributed by atoms with Gasteiger partial charge in [-0.15, -0.1) is 0 Å². The van der Waals surface area contributed by atoms with E-state index in [0.717, 1.165) is 5.69 Å². The molecular weight excluding hydrogens is 300 g/mol. The van der Waals surface area contributed by atoms with E-state index in [1.807, 2.05) is 18.2 Å². The van der Waals surface area contributed by atoms with Crippen LogP contribution in [-0.4, -0.2) is 33.7 Å². The van der Waals surface area contributed by atoms with Crippen LogP contribution in [0.1, 0.15) is 5.69 Å². The number of para-hydroxylation sites is 1. The van der Waals surface area contributed by atoms with Crippen LogP contribution < -0.4 is 0 Å². The molecule has 0 atom stereocenters. The second kappa shape index (κ2) is 6.78. The Morgan fingerprint density at radius 1 is 1.50 bits per heavy atom. The van der Waals surface area contributed by atoms with Gasteiger partial charge in [-0.2, -0.15) is 5.10 Å². The normalized spacial score (nSPS) is 10.7. The molecule has 1 N–H and O–H groups in total. The number of ether oxygens (including phenoxy) is 1. The van der Waals surface area contributed by atoms with Gasteiger partial charge >= 0.3 is 5.97 Å². The summed E-state index contributed by atoms with van der Waals surface area (Å²) >= 11 is 7.35. The Balaban J connectivity index is 2.39. The summed E-state index contributed by atoms with van der Waals surface area (Å²) in [6, 6.07) is 9.08. The van der Waals surface area contributed by atoms with Crippen LogP contribution in [0.5, 0.6) is 0 Å². The van der Waals surface area contributed by atoms with Crippen molar-refractivity contribution in [1.82, 2.24) is 9.78 Å². The van der Waals surface area contributed by atoms with E-state index in [4.69, 9.17) is 21.4 Å². The molecule has 106 valence electrons. The average molecular weight is 313 g/mol. The maximum atomic E-state index is 10.7. The summed E-state index contributed by atoms with van der Waals surface area (Å²) < 4.78 is 6.70. The molecule has 0 amide bonds. The van der Waals surface area contributed by atoms with Gasteiger partial charge in [0.1, 0.15) is 5.03 Å². The molecule has 1 heterocycles. The molecule has 0 saturated carbocycles. The summed E-state index contributed by atoms with van der Waals surface area (Å²) in [5.41, 5.74) is 1.43. The standard InChI is InChI=1S/C13H13ClN2O3S/c1-19-7-9-6-12(20-8-13(17)18)16(15-9)11-5-3-2-4-10(11)14/h2-6H,7-8H2,1H3,(H,17,18). The maximum Gasteiger partial charge on any atom is 0.313 e. The minimum atomic E-state index is -0.879. The Morgan fingerprint density at radius 3 is 2.90 bits per heavy atom. The molecule has 2 rings (SSSR count). The zero-order chi connectivity index (χ0) is 14.5. The first kappa shape index (κ1) is 14.9. The second-order valence-corrected chi connectivity index (χ2v) is 5.36. The summed E-state index contributed by atoms with van der Waals surface area (Å²) in [5.74, 6) is -0.919. The van der Waals surface area contributed by atoms with E-state index in [2.05, 4.69) is 5.10 Å². The van der Waals surface area contributed by atoms with Gasteiger partial charge in [0, 0.05) is 7.11 Å². The fraction of sp³-hybridized carbons (Fsp3) is 0.231. The summed E-state index contributed by atoms with van der Waals surface area (Å²) in [4.78, 5) is 10.7. The number of thioether (sulfide) groups is 1. The molecule has 0 bridgehead atoms. The van der Waals surface area contributed by atoms with E-state index >= 15 is 0 Å². The molecule has 0 aliphatic heterocycles.